The lowest BCUT2D eigenvalue weighted by atomic mass is 9.43. The van der Waals surface area contributed by atoms with Crippen LogP contribution in [0.1, 0.15) is 78.3 Å². The third-order valence-corrected chi connectivity index (χ3v) is 11.2. The van der Waals surface area contributed by atoms with Gasteiger partial charge in [-0.25, -0.2) is 32.9 Å². The van der Waals surface area contributed by atoms with Gasteiger partial charge in [0.15, 0.2) is 0 Å². The summed E-state index contributed by atoms with van der Waals surface area (Å²) < 4.78 is 37.6. The van der Waals surface area contributed by atoms with Crippen LogP contribution in [0.2, 0.25) is 0 Å². The topological polar surface area (TPSA) is 161 Å². The number of fused-ring (bicyclic) bond motifs is 1. The molecule has 0 aliphatic heterocycles. The van der Waals surface area contributed by atoms with Crippen molar-refractivity contribution in [3.63, 3.8) is 0 Å². The van der Waals surface area contributed by atoms with Crippen LogP contribution in [0.4, 0.5) is 5.95 Å². The summed E-state index contributed by atoms with van der Waals surface area (Å²) in [6, 6.07) is 14.7. The molecule has 1 atom stereocenters. The Morgan fingerprint density at radius 3 is 2.37 bits per heavy atom. The predicted octanol–water partition coefficient (Wildman–Crippen LogP) is 7.00. The SMILES string of the molecule is Cc1cccc(C)c1-c1cc(OC[C@@H](CC23CC(C2)C3)NCc2ccn3cc(C(C)C)nc3n2)nc(NS(=O)(=O)c2cccc(C(=O)O)c2)n1.Cl.Cl. The number of benzene rings is 2. The summed E-state index contributed by atoms with van der Waals surface area (Å²) in [4.78, 5) is 29.8. The molecule has 15 heteroatoms. The number of rotatable bonds is 14. The van der Waals surface area contributed by atoms with Crippen LogP contribution in [0.15, 0.2) is 71.9 Å². The van der Waals surface area contributed by atoms with Gasteiger partial charge in [-0.1, -0.05) is 38.1 Å². The van der Waals surface area contributed by atoms with Gasteiger partial charge in [-0.05, 0) is 92.2 Å². The molecular formula is C37H43Cl2N7O5S. The number of hydrogen-bond acceptors (Lipinski definition) is 9. The lowest BCUT2D eigenvalue weighted by Gasteiger charge is -2.63. The number of aromatic carboxylic acids is 1. The summed E-state index contributed by atoms with van der Waals surface area (Å²) in [5.41, 5.74) is 5.33. The molecular weight excluding hydrogens is 725 g/mol. The highest BCUT2D eigenvalue weighted by molar-refractivity contribution is 7.92. The van der Waals surface area contributed by atoms with Gasteiger partial charge in [0.05, 0.1) is 27.5 Å². The Balaban J connectivity index is 0.00000261. The number of hydrogen-bond donors (Lipinski definition) is 3. The molecule has 52 heavy (non-hydrogen) atoms. The molecule has 0 radical (unpaired) electrons. The number of ether oxygens (including phenoxy) is 1. The Hall–Kier alpha value is -4.30. The van der Waals surface area contributed by atoms with Crippen LogP contribution < -0.4 is 14.8 Å². The quantitative estimate of drug-likeness (QED) is 0.107. The maximum absolute atomic E-state index is 13.4. The van der Waals surface area contributed by atoms with Gasteiger partial charge in [0.25, 0.3) is 10.0 Å². The molecule has 3 saturated carbocycles. The minimum absolute atomic E-state index is 0. The van der Waals surface area contributed by atoms with Gasteiger partial charge in [-0.3, -0.25) is 4.40 Å². The van der Waals surface area contributed by atoms with Crippen molar-refractivity contribution in [2.24, 2.45) is 11.3 Å². The lowest BCUT2D eigenvalue weighted by Crippen LogP contribution is -2.55. The van der Waals surface area contributed by atoms with Gasteiger partial charge in [0.1, 0.15) is 6.61 Å². The number of carboxylic acid groups (broad SMARTS) is 1. The lowest BCUT2D eigenvalue weighted by molar-refractivity contribution is -0.119. The summed E-state index contributed by atoms with van der Waals surface area (Å²) >= 11 is 0. The Morgan fingerprint density at radius 2 is 1.71 bits per heavy atom. The molecule has 2 aromatic carbocycles. The Morgan fingerprint density at radius 1 is 1.00 bits per heavy atom. The molecule has 0 spiro atoms. The van der Waals surface area contributed by atoms with E-state index in [2.05, 4.69) is 38.8 Å². The molecule has 3 aromatic heterocycles. The van der Waals surface area contributed by atoms with Crippen molar-refractivity contribution >= 4 is 52.5 Å². The average Bonchev–Trinajstić information content (AvgIpc) is 3.47. The first kappa shape index (κ1) is 38.9. The molecule has 8 rings (SSSR count). The van der Waals surface area contributed by atoms with Crippen molar-refractivity contribution < 1.29 is 23.1 Å². The van der Waals surface area contributed by atoms with Gasteiger partial charge in [0, 0.05) is 36.6 Å². The van der Waals surface area contributed by atoms with Crippen molar-refractivity contribution in [3.8, 4) is 17.1 Å². The van der Waals surface area contributed by atoms with Crippen LogP contribution in [-0.2, 0) is 16.6 Å². The van der Waals surface area contributed by atoms with Crippen LogP contribution in [0.25, 0.3) is 17.0 Å². The normalized spacial score (nSPS) is 18.1. The summed E-state index contributed by atoms with van der Waals surface area (Å²) in [5, 5.41) is 13.1. The van der Waals surface area contributed by atoms with E-state index in [0.717, 1.165) is 46.5 Å². The fourth-order valence-corrected chi connectivity index (χ4v) is 8.21. The smallest absolute Gasteiger partial charge is 0.335 e. The number of aromatic nitrogens is 5. The Kier molecular flexibility index (Phi) is 11.5. The first-order chi connectivity index (χ1) is 23.9. The summed E-state index contributed by atoms with van der Waals surface area (Å²) in [6.07, 6.45) is 8.66. The summed E-state index contributed by atoms with van der Waals surface area (Å²) in [7, 11) is -4.23. The number of sulfonamides is 1. The molecule has 0 unspecified atom stereocenters. The van der Waals surface area contributed by atoms with E-state index in [-0.39, 0.29) is 53.1 Å². The largest absolute Gasteiger partial charge is 0.478 e. The van der Waals surface area contributed by atoms with E-state index in [4.69, 9.17) is 9.72 Å². The highest BCUT2D eigenvalue weighted by Crippen LogP contribution is 2.66. The third-order valence-electron chi connectivity index (χ3n) is 9.90. The van der Waals surface area contributed by atoms with Gasteiger partial charge >= 0.3 is 5.97 Å². The van der Waals surface area contributed by atoms with Crippen molar-refractivity contribution in [1.82, 2.24) is 29.7 Å². The molecule has 5 aromatic rings. The van der Waals surface area contributed by atoms with Gasteiger partial charge in [-0.15, -0.1) is 24.8 Å². The second-order valence-corrected chi connectivity index (χ2v) is 15.8. The molecule has 3 aliphatic carbocycles. The number of nitrogens with one attached hydrogen (secondary N) is 2. The minimum Gasteiger partial charge on any atom is -0.478 e. The van der Waals surface area contributed by atoms with E-state index < -0.39 is 16.0 Å². The van der Waals surface area contributed by atoms with E-state index in [1.165, 1.54) is 37.5 Å². The number of anilines is 1. The maximum atomic E-state index is 13.4. The summed E-state index contributed by atoms with van der Waals surface area (Å²) in [6.45, 7) is 8.99. The van der Waals surface area contributed by atoms with Gasteiger partial charge in [-0.2, -0.15) is 4.98 Å². The van der Waals surface area contributed by atoms with Crippen molar-refractivity contribution in [2.45, 2.75) is 76.8 Å². The molecule has 3 N–H and O–H groups in total. The molecule has 3 aliphatic rings. The average molecular weight is 769 g/mol. The second-order valence-electron chi connectivity index (χ2n) is 14.1. The predicted molar refractivity (Wildman–Crippen MR) is 203 cm³/mol. The number of carbonyl (C=O) groups is 1. The van der Waals surface area contributed by atoms with Crippen LogP contribution >= 0.6 is 24.8 Å². The van der Waals surface area contributed by atoms with Crippen molar-refractivity contribution in [2.75, 3.05) is 11.3 Å². The molecule has 2 bridgehead atoms. The number of nitrogens with zero attached hydrogens (tertiary/aromatic N) is 5. The van der Waals surface area contributed by atoms with Crippen LogP contribution in [-0.4, -0.2) is 56.5 Å². The maximum Gasteiger partial charge on any atom is 0.335 e. The zero-order valence-corrected chi connectivity index (χ0v) is 31.8. The highest BCUT2D eigenvalue weighted by atomic mass is 35.5. The number of imidazole rings is 1. The first-order valence-corrected chi connectivity index (χ1v) is 18.4. The standard InChI is InChI=1S/C37H41N7O5S.2ClH/c1-22(2)31-20-44-12-11-27(39-36(44)41-31)19-38-28(18-37-15-25(16-37)17-37)21-49-32-14-30(33-23(3)7-5-8-24(33)4)40-35(42-32)43-50(47,48)29-10-6-9-26(13-29)34(45)46;;/h5-14,20,22,25,28,38H,15-19,21H2,1-4H3,(H,45,46)(H,40,42,43);2*1H/t25?,28-,37?;;/m1../s1. The van der Waals surface area contributed by atoms with E-state index in [9.17, 15) is 18.3 Å². The molecule has 3 fully saturated rings. The van der Waals surface area contributed by atoms with Gasteiger partial charge < -0.3 is 15.2 Å². The van der Waals surface area contributed by atoms with E-state index >= 15 is 0 Å². The highest BCUT2D eigenvalue weighted by Gasteiger charge is 2.56. The third kappa shape index (κ3) is 8.17. The zero-order valence-electron chi connectivity index (χ0n) is 29.4. The Bertz CT molecular complexity index is 2170. The fraction of sp³-hybridized carbons (Fsp3) is 0.378. The van der Waals surface area contributed by atoms with Crippen LogP contribution in [0, 0.1) is 25.2 Å². The Labute approximate surface area is 315 Å². The fourth-order valence-electron chi connectivity index (χ4n) is 7.23. The van der Waals surface area contributed by atoms with Gasteiger partial charge in [0.2, 0.25) is 17.6 Å². The van der Waals surface area contributed by atoms with Crippen molar-refractivity contribution in [1.29, 1.82) is 0 Å². The molecule has 0 amide bonds. The number of aryl methyl sites for hydroxylation is 2. The van der Waals surface area contributed by atoms with Crippen molar-refractivity contribution in [3.05, 3.63) is 95.1 Å². The van der Waals surface area contributed by atoms with E-state index in [0.29, 0.717) is 36.0 Å². The van der Waals surface area contributed by atoms with Crippen LogP contribution in [0.3, 0.4) is 0 Å². The molecule has 12 nitrogen and oxygen atoms in total. The molecule has 3 heterocycles. The monoisotopic (exact) mass is 767 g/mol. The minimum atomic E-state index is -4.23. The number of carboxylic acids is 1. The first-order valence-electron chi connectivity index (χ1n) is 16.9. The van der Waals surface area contributed by atoms with E-state index in [1.54, 1.807) is 6.07 Å². The molecule has 276 valence electrons. The zero-order chi connectivity index (χ0) is 35.2. The van der Waals surface area contributed by atoms with Crippen LogP contribution in [0.5, 0.6) is 5.88 Å². The molecule has 0 saturated heterocycles. The van der Waals surface area contributed by atoms with E-state index in [1.807, 2.05) is 54.9 Å². The second kappa shape index (κ2) is 15.4. The number of halogens is 2. The summed E-state index contributed by atoms with van der Waals surface area (Å²) in [5.74, 6) is 0.629.